The Hall–Kier alpha value is -1.31. The van der Waals surface area contributed by atoms with Crippen molar-refractivity contribution in [3.63, 3.8) is 0 Å². The molecule has 0 aliphatic rings. The zero-order valence-electron chi connectivity index (χ0n) is 6.20. The summed E-state index contributed by atoms with van der Waals surface area (Å²) in [5, 5.41) is 4.07. The molecular weight excluding hydrogens is 211 g/mol. The molecule has 2 aromatic heterocycles. The third kappa shape index (κ3) is 1.22. The normalized spacial score (nSPS) is 10.2. The molecule has 2 rings (SSSR count). The van der Waals surface area contributed by atoms with E-state index >= 15 is 0 Å². The van der Waals surface area contributed by atoms with Crippen LogP contribution in [0.25, 0.3) is 5.65 Å². The van der Waals surface area contributed by atoms with Crippen LogP contribution in [0.5, 0.6) is 0 Å². The fourth-order valence-corrected chi connectivity index (χ4v) is 1.33. The van der Waals surface area contributed by atoms with E-state index in [1.54, 1.807) is 0 Å². The molecule has 0 unspecified atom stereocenters. The predicted molar refractivity (Wildman–Crippen MR) is 48.7 cm³/mol. The van der Waals surface area contributed by atoms with Crippen molar-refractivity contribution >= 4 is 28.8 Å². The first kappa shape index (κ1) is 8.30. The number of imidazole rings is 1. The van der Waals surface area contributed by atoms with Crippen molar-refractivity contribution in [1.29, 1.82) is 0 Å². The summed E-state index contributed by atoms with van der Waals surface area (Å²) in [6.45, 7) is 0. The lowest BCUT2D eigenvalue weighted by atomic mass is 10.5. The van der Waals surface area contributed by atoms with Gasteiger partial charge in [0.1, 0.15) is 5.69 Å². The average molecular weight is 213 g/mol. The smallest absolute Gasteiger partial charge is 0.231 e. The molecule has 6 heteroatoms. The summed E-state index contributed by atoms with van der Waals surface area (Å²) in [5.74, 6) is 2.40. The molecule has 0 aliphatic carbocycles. The Morgan fingerprint density at radius 2 is 2.23 bits per heavy atom. The van der Waals surface area contributed by atoms with Gasteiger partial charge >= 0.3 is 0 Å². The van der Waals surface area contributed by atoms with Gasteiger partial charge in [0.2, 0.25) is 5.28 Å². The monoisotopic (exact) mass is 212 g/mol. The Morgan fingerprint density at radius 1 is 1.46 bits per heavy atom. The summed E-state index contributed by atoms with van der Waals surface area (Å²) >= 11 is 11.3. The van der Waals surface area contributed by atoms with Crippen LogP contribution >= 0.6 is 23.2 Å². The van der Waals surface area contributed by atoms with Crippen molar-refractivity contribution in [3.8, 4) is 12.3 Å². The second-order valence-corrected chi connectivity index (χ2v) is 2.89. The van der Waals surface area contributed by atoms with Crippen molar-refractivity contribution in [3.05, 3.63) is 22.3 Å². The maximum absolute atomic E-state index is 5.75. The van der Waals surface area contributed by atoms with E-state index in [1.165, 1.54) is 10.7 Å². The second kappa shape index (κ2) is 2.87. The van der Waals surface area contributed by atoms with Crippen molar-refractivity contribution in [2.75, 3.05) is 0 Å². The fraction of sp³-hybridized carbons (Fsp3) is 0. The minimum atomic E-state index is 0.0343. The van der Waals surface area contributed by atoms with Gasteiger partial charge in [-0.2, -0.15) is 4.52 Å². The van der Waals surface area contributed by atoms with Crippen LogP contribution in [-0.4, -0.2) is 19.6 Å². The Balaban J connectivity index is 2.92. The molecule has 0 saturated carbocycles. The molecule has 64 valence electrons. The molecule has 0 aliphatic heterocycles. The van der Waals surface area contributed by atoms with Crippen LogP contribution in [0.15, 0.2) is 6.20 Å². The fourth-order valence-electron chi connectivity index (χ4n) is 0.922. The molecule has 0 spiro atoms. The molecule has 0 bridgehead atoms. The molecule has 0 saturated heterocycles. The molecule has 0 amide bonds. The van der Waals surface area contributed by atoms with E-state index in [4.69, 9.17) is 29.6 Å². The minimum Gasteiger partial charge on any atom is -0.231 e. The molecule has 0 aromatic carbocycles. The van der Waals surface area contributed by atoms with Gasteiger partial charge < -0.3 is 0 Å². The van der Waals surface area contributed by atoms with Gasteiger partial charge in [-0.3, -0.25) is 0 Å². The van der Waals surface area contributed by atoms with Gasteiger partial charge in [0.25, 0.3) is 0 Å². The maximum atomic E-state index is 5.75. The van der Waals surface area contributed by atoms with E-state index < -0.39 is 0 Å². The quantitative estimate of drug-likeness (QED) is 0.621. The van der Waals surface area contributed by atoms with Crippen molar-refractivity contribution in [1.82, 2.24) is 19.6 Å². The van der Waals surface area contributed by atoms with E-state index in [-0.39, 0.29) is 10.4 Å². The molecule has 2 heterocycles. The van der Waals surface area contributed by atoms with E-state index in [2.05, 4.69) is 21.0 Å². The SMILES string of the molecule is C#Cc1cnc2c(Cl)nc(Cl)nn12. The highest BCUT2D eigenvalue weighted by atomic mass is 35.5. The minimum absolute atomic E-state index is 0.0343. The second-order valence-electron chi connectivity index (χ2n) is 2.19. The number of nitrogens with zero attached hydrogens (tertiary/aromatic N) is 4. The van der Waals surface area contributed by atoms with Gasteiger partial charge in [0, 0.05) is 0 Å². The largest absolute Gasteiger partial charge is 0.242 e. The Labute approximate surface area is 83.5 Å². The highest BCUT2D eigenvalue weighted by Crippen LogP contribution is 2.15. The Kier molecular flexibility index (Phi) is 1.83. The number of fused-ring (bicyclic) bond motifs is 1. The summed E-state index contributed by atoms with van der Waals surface area (Å²) in [6.07, 6.45) is 6.68. The van der Waals surface area contributed by atoms with Crippen LogP contribution < -0.4 is 0 Å². The highest BCUT2D eigenvalue weighted by molar-refractivity contribution is 6.33. The van der Waals surface area contributed by atoms with Crippen LogP contribution in [0.4, 0.5) is 0 Å². The highest BCUT2D eigenvalue weighted by Gasteiger charge is 2.08. The van der Waals surface area contributed by atoms with Gasteiger partial charge in [0.05, 0.1) is 6.20 Å². The zero-order chi connectivity index (χ0) is 9.42. The van der Waals surface area contributed by atoms with Crippen LogP contribution in [0, 0.1) is 12.3 Å². The van der Waals surface area contributed by atoms with E-state index in [0.29, 0.717) is 11.3 Å². The molecule has 4 nitrogen and oxygen atoms in total. The van der Waals surface area contributed by atoms with Gasteiger partial charge in [-0.15, -0.1) is 11.5 Å². The van der Waals surface area contributed by atoms with Crippen molar-refractivity contribution in [2.45, 2.75) is 0 Å². The van der Waals surface area contributed by atoms with Gasteiger partial charge in [0.15, 0.2) is 10.8 Å². The third-order valence-electron chi connectivity index (χ3n) is 1.44. The van der Waals surface area contributed by atoms with Crippen LogP contribution in [0.2, 0.25) is 10.4 Å². The van der Waals surface area contributed by atoms with Crippen molar-refractivity contribution in [2.24, 2.45) is 0 Å². The molecule has 0 fully saturated rings. The topological polar surface area (TPSA) is 43.1 Å². The van der Waals surface area contributed by atoms with Gasteiger partial charge in [-0.05, 0) is 17.5 Å². The first-order valence-electron chi connectivity index (χ1n) is 3.26. The number of halogens is 2. The zero-order valence-corrected chi connectivity index (χ0v) is 7.71. The van der Waals surface area contributed by atoms with Crippen LogP contribution in [0.3, 0.4) is 0 Å². The lowest BCUT2D eigenvalue weighted by molar-refractivity contribution is 0.889. The summed E-state index contributed by atoms with van der Waals surface area (Å²) in [6, 6.07) is 0. The maximum Gasteiger partial charge on any atom is 0.242 e. The molecule has 2 aromatic rings. The number of rotatable bonds is 0. The number of hydrogen-bond donors (Lipinski definition) is 0. The van der Waals surface area contributed by atoms with Crippen molar-refractivity contribution < 1.29 is 0 Å². The summed E-state index contributed by atoms with van der Waals surface area (Å²) in [4.78, 5) is 7.65. The number of hydrogen-bond acceptors (Lipinski definition) is 3. The predicted octanol–water partition coefficient (Wildman–Crippen LogP) is 1.41. The van der Waals surface area contributed by atoms with Gasteiger partial charge in [-0.1, -0.05) is 11.6 Å². The molecule has 0 atom stereocenters. The summed E-state index contributed by atoms with van der Waals surface area (Å²) in [5.41, 5.74) is 0.889. The first-order valence-corrected chi connectivity index (χ1v) is 4.01. The lowest BCUT2D eigenvalue weighted by Crippen LogP contribution is -1.97. The summed E-state index contributed by atoms with van der Waals surface area (Å²) < 4.78 is 1.37. The lowest BCUT2D eigenvalue weighted by Gasteiger charge is -1.95. The first-order chi connectivity index (χ1) is 6.22. The van der Waals surface area contributed by atoms with E-state index in [9.17, 15) is 0 Å². The average Bonchev–Trinajstić information content (AvgIpc) is 2.47. The summed E-state index contributed by atoms with van der Waals surface area (Å²) in [7, 11) is 0. The molecule has 13 heavy (non-hydrogen) atoms. The van der Waals surface area contributed by atoms with E-state index in [1.807, 2.05) is 0 Å². The Morgan fingerprint density at radius 3 is 2.92 bits per heavy atom. The Bertz CT molecular complexity index is 511. The van der Waals surface area contributed by atoms with Crippen LogP contribution in [-0.2, 0) is 0 Å². The van der Waals surface area contributed by atoms with Gasteiger partial charge in [-0.25, -0.2) is 9.97 Å². The molecular formula is C7H2Cl2N4. The van der Waals surface area contributed by atoms with E-state index in [0.717, 1.165) is 0 Å². The van der Waals surface area contributed by atoms with Crippen LogP contribution in [0.1, 0.15) is 5.69 Å². The molecule has 0 radical (unpaired) electrons. The number of terminal acetylenes is 1. The standard InChI is InChI=1S/C7H2Cl2N4/c1-2-4-3-10-6-5(8)11-7(9)12-13(4)6/h1,3H. The third-order valence-corrected chi connectivity index (χ3v) is 1.86. The molecule has 0 N–H and O–H groups in total. The number of aromatic nitrogens is 4.